The van der Waals surface area contributed by atoms with Gasteiger partial charge >= 0.3 is 0 Å². The molecule has 1 heterocycles. The minimum atomic E-state index is 0.488. The molecule has 4 heteroatoms. The fraction of sp³-hybridized carbons (Fsp3) is 0.333. The quantitative estimate of drug-likeness (QED) is 0.675. The average Bonchev–Trinajstić information content (AvgIpc) is 2.84. The monoisotopic (exact) mass is 357 g/mol. The Morgan fingerprint density at radius 2 is 2.05 bits per heavy atom. The summed E-state index contributed by atoms with van der Waals surface area (Å²) in [7, 11) is 0. The molecule has 0 bridgehead atoms. The summed E-state index contributed by atoms with van der Waals surface area (Å²) in [4.78, 5) is 3.82. The number of halogens is 2. The van der Waals surface area contributed by atoms with E-state index >= 15 is 0 Å². The van der Waals surface area contributed by atoms with Crippen LogP contribution >= 0.6 is 38.9 Å². The van der Waals surface area contributed by atoms with Crippen molar-refractivity contribution in [2.24, 2.45) is 0 Å². The van der Waals surface area contributed by atoms with Gasteiger partial charge < -0.3 is 0 Å². The predicted molar refractivity (Wildman–Crippen MR) is 87.9 cm³/mol. The lowest BCUT2D eigenvalue weighted by Crippen LogP contribution is -2.29. The number of rotatable bonds is 5. The van der Waals surface area contributed by atoms with E-state index in [2.05, 4.69) is 58.3 Å². The van der Waals surface area contributed by atoms with Crippen LogP contribution in [0.25, 0.3) is 0 Å². The van der Waals surface area contributed by atoms with Crippen molar-refractivity contribution >= 4 is 38.9 Å². The highest BCUT2D eigenvalue weighted by Gasteiger charge is 2.13. The predicted octanol–water partition coefficient (Wildman–Crippen LogP) is 5.57. The Bertz CT molecular complexity index is 525. The summed E-state index contributed by atoms with van der Waals surface area (Å²) in [5, 5.41) is 2.95. The fourth-order valence-corrected chi connectivity index (χ4v) is 3.36. The average molecular weight is 359 g/mol. The van der Waals surface area contributed by atoms with Crippen molar-refractivity contribution in [2.45, 2.75) is 33.0 Å². The molecule has 0 aliphatic heterocycles. The van der Waals surface area contributed by atoms with Gasteiger partial charge in [0.25, 0.3) is 0 Å². The molecule has 0 saturated carbocycles. The zero-order valence-corrected chi connectivity index (χ0v) is 14.2. The highest BCUT2D eigenvalue weighted by molar-refractivity contribution is 9.10. The van der Waals surface area contributed by atoms with E-state index in [-0.39, 0.29) is 0 Å². The van der Waals surface area contributed by atoms with E-state index in [4.69, 9.17) is 11.6 Å². The van der Waals surface area contributed by atoms with E-state index in [9.17, 15) is 0 Å². The molecule has 0 saturated heterocycles. The molecular formula is C15H17BrClNS. The van der Waals surface area contributed by atoms with Crippen molar-refractivity contribution in [3.63, 3.8) is 0 Å². The summed E-state index contributed by atoms with van der Waals surface area (Å²) < 4.78 is 1.02. The normalized spacial score (nSPS) is 11.5. The zero-order valence-electron chi connectivity index (χ0n) is 11.1. The van der Waals surface area contributed by atoms with E-state index in [0.29, 0.717) is 6.04 Å². The molecule has 1 aromatic carbocycles. The van der Waals surface area contributed by atoms with Gasteiger partial charge in [-0.15, -0.1) is 11.3 Å². The van der Waals surface area contributed by atoms with Crippen molar-refractivity contribution in [3.05, 3.63) is 55.6 Å². The van der Waals surface area contributed by atoms with E-state index in [0.717, 1.165) is 22.6 Å². The van der Waals surface area contributed by atoms with Crippen molar-refractivity contribution in [3.8, 4) is 0 Å². The molecule has 0 fully saturated rings. The SMILES string of the molecule is CC(C)N(Cc1cccs1)Cc1ccc(Br)cc1Cl. The first-order valence-corrected chi connectivity index (χ1v) is 8.31. The topological polar surface area (TPSA) is 3.24 Å². The maximum Gasteiger partial charge on any atom is 0.0462 e. The highest BCUT2D eigenvalue weighted by atomic mass is 79.9. The van der Waals surface area contributed by atoms with Crippen LogP contribution in [0, 0.1) is 0 Å². The molecular weight excluding hydrogens is 342 g/mol. The van der Waals surface area contributed by atoms with E-state index in [1.165, 1.54) is 10.4 Å². The van der Waals surface area contributed by atoms with Gasteiger partial charge in [0.15, 0.2) is 0 Å². The minimum absolute atomic E-state index is 0.488. The van der Waals surface area contributed by atoms with Gasteiger partial charge in [-0.25, -0.2) is 0 Å². The molecule has 0 aliphatic rings. The van der Waals surface area contributed by atoms with Gasteiger partial charge in [0.2, 0.25) is 0 Å². The van der Waals surface area contributed by atoms with Gasteiger partial charge in [-0.3, -0.25) is 4.90 Å². The van der Waals surface area contributed by atoms with Crippen LogP contribution in [-0.2, 0) is 13.1 Å². The number of benzene rings is 1. The fourth-order valence-electron chi connectivity index (χ4n) is 1.89. The summed E-state index contributed by atoms with van der Waals surface area (Å²) in [6.45, 7) is 6.30. The molecule has 0 atom stereocenters. The molecule has 0 spiro atoms. The van der Waals surface area contributed by atoms with Crippen LogP contribution in [-0.4, -0.2) is 10.9 Å². The summed E-state index contributed by atoms with van der Waals surface area (Å²) >= 11 is 11.6. The van der Waals surface area contributed by atoms with Gasteiger partial charge in [-0.2, -0.15) is 0 Å². The van der Waals surface area contributed by atoms with Crippen LogP contribution < -0.4 is 0 Å². The number of thiophene rings is 1. The second-order valence-electron chi connectivity index (χ2n) is 4.81. The van der Waals surface area contributed by atoms with E-state index in [1.54, 1.807) is 11.3 Å². The number of hydrogen-bond acceptors (Lipinski definition) is 2. The standard InChI is InChI=1S/C15H17BrClNS/c1-11(2)18(10-14-4-3-7-19-14)9-12-5-6-13(16)8-15(12)17/h3-8,11H,9-10H2,1-2H3. The number of nitrogens with zero attached hydrogens (tertiary/aromatic N) is 1. The Labute approximate surface area is 132 Å². The van der Waals surface area contributed by atoms with Gasteiger partial charge in [0.05, 0.1) is 0 Å². The number of hydrogen-bond donors (Lipinski definition) is 0. The lowest BCUT2D eigenvalue weighted by molar-refractivity contribution is 0.205. The first kappa shape index (κ1) is 15.0. The maximum atomic E-state index is 6.31. The molecule has 2 rings (SSSR count). The van der Waals surface area contributed by atoms with Gasteiger partial charge in [-0.1, -0.05) is 39.7 Å². The molecule has 2 aromatic rings. The lowest BCUT2D eigenvalue weighted by Gasteiger charge is -2.26. The minimum Gasteiger partial charge on any atom is -0.292 e. The van der Waals surface area contributed by atoms with Gasteiger partial charge in [-0.05, 0) is 43.0 Å². The highest BCUT2D eigenvalue weighted by Crippen LogP contribution is 2.24. The largest absolute Gasteiger partial charge is 0.292 e. The molecule has 0 N–H and O–H groups in total. The Morgan fingerprint density at radius 3 is 2.63 bits per heavy atom. The first-order chi connectivity index (χ1) is 9.06. The third-order valence-electron chi connectivity index (χ3n) is 3.06. The van der Waals surface area contributed by atoms with Crippen LogP contribution in [0.1, 0.15) is 24.3 Å². The van der Waals surface area contributed by atoms with E-state index in [1.807, 2.05) is 12.1 Å². The molecule has 0 aliphatic carbocycles. The Balaban J connectivity index is 2.12. The van der Waals surface area contributed by atoms with Crippen molar-refractivity contribution in [2.75, 3.05) is 0 Å². The zero-order chi connectivity index (χ0) is 13.8. The lowest BCUT2D eigenvalue weighted by atomic mass is 10.2. The molecule has 19 heavy (non-hydrogen) atoms. The molecule has 0 radical (unpaired) electrons. The molecule has 1 aromatic heterocycles. The van der Waals surface area contributed by atoms with E-state index < -0.39 is 0 Å². The summed E-state index contributed by atoms with van der Waals surface area (Å²) in [5.41, 5.74) is 1.18. The van der Waals surface area contributed by atoms with Crippen LogP contribution in [0.2, 0.25) is 5.02 Å². The Kier molecular flexibility index (Phi) is 5.46. The molecule has 1 nitrogen and oxygen atoms in total. The summed E-state index contributed by atoms with van der Waals surface area (Å²) in [6, 6.07) is 10.9. The second kappa shape index (κ2) is 6.89. The molecule has 0 unspecified atom stereocenters. The molecule has 102 valence electrons. The maximum absolute atomic E-state index is 6.31. The van der Waals surface area contributed by atoms with Crippen molar-refractivity contribution in [1.82, 2.24) is 4.90 Å². The van der Waals surface area contributed by atoms with Crippen LogP contribution in [0.15, 0.2) is 40.2 Å². The molecule has 0 amide bonds. The summed E-state index contributed by atoms with van der Waals surface area (Å²) in [5.74, 6) is 0. The smallest absolute Gasteiger partial charge is 0.0462 e. The summed E-state index contributed by atoms with van der Waals surface area (Å²) in [6.07, 6.45) is 0. The Hall–Kier alpha value is -0.350. The van der Waals surface area contributed by atoms with Crippen molar-refractivity contribution < 1.29 is 0 Å². The third-order valence-corrected chi connectivity index (χ3v) is 4.76. The van der Waals surface area contributed by atoms with Crippen LogP contribution in [0.3, 0.4) is 0 Å². The third kappa shape index (κ3) is 4.32. The first-order valence-electron chi connectivity index (χ1n) is 6.26. The van der Waals surface area contributed by atoms with Crippen LogP contribution in [0.4, 0.5) is 0 Å². The Morgan fingerprint density at radius 1 is 1.26 bits per heavy atom. The van der Waals surface area contributed by atoms with Gasteiger partial charge in [0.1, 0.15) is 0 Å². The van der Waals surface area contributed by atoms with Crippen molar-refractivity contribution in [1.29, 1.82) is 0 Å². The van der Waals surface area contributed by atoms with Crippen LogP contribution in [0.5, 0.6) is 0 Å². The van der Waals surface area contributed by atoms with Gasteiger partial charge in [0, 0.05) is 33.5 Å². The second-order valence-corrected chi connectivity index (χ2v) is 7.17.